The zero-order valence-electron chi connectivity index (χ0n) is 7.73. The van der Waals surface area contributed by atoms with Gasteiger partial charge in [-0.3, -0.25) is 4.68 Å². The second-order valence-corrected chi connectivity index (χ2v) is 2.96. The number of carbonyl (C=O) groups is 1. The average Bonchev–Trinajstić information content (AvgIpc) is 2.56. The summed E-state index contributed by atoms with van der Waals surface area (Å²) in [6.07, 6.45) is 1.57. The van der Waals surface area contributed by atoms with Gasteiger partial charge in [-0.1, -0.05) is 18.2 Å². The molecule has 14 heavy (non-hydrogen) atoms. The number of nitrogens with two attached hydrogens (primary N) is 1. The van der Waals surface area contributed by atoms with Gasteiger partial charge in [0.15, 0.2) is 0 Å². The molecule has 2 N–H and O–H groups in total. The Morgan fingerprint density at radius 3 is 2.86 bits per heavy atom. The van der Waals surface area contributed by atoms with Crippen molar-refractivity contribution in [3.63, 3.8) is 0 Å². The van der Waals surface area contributed by atoms with Gasteiger partial charge < -0.3 is 10.6 Å². The van der Waals surface area contributed by atoms with Crippen molar-refractivity contribution < 1.29 is 9.53 Å². The van der Waals surface area contributed by atoms with E-state index in [1.54, 1.807) is 6.20 Å². The SMILES string of the molecule is COC(=O)c1cn(N)c2ccccc12. The van der Waals surface area contributed by atoms with E-state index in [-0.39, 0.29) is 5.97 Å². The van der Waals surface area contributed by atoms with Crippen LogP contribution >= 0.6 is 0 Å². The lowest BCUT2D eigenvalue weighted by atomic mass is 10.2. The first kappa shape index (κ1) is 8.62. The minimum atomic E-state index is -0.370. The van der Waals surface area contributed by atoms with Gasteiger partial charge in [-0.2, -0.15) is 0 Å². The van der Waals surface area contributed by atoms with Gasteiger partial charge in [0.25, 0.3) is 0 Å². The van der Waals surface area contributed by atoms with E-state index in [9.17, 15) is 4.79 Å². The third-order valence-electron chi connectivity index (χ3n) is 2.15. The molecule has 0 aliphatic rings. The first-order valence-corrected chi connectivity index (χ1v) is 4.17. The van der Waals surface area contributed by atoms with Gasteiger partial charge >= 0.3 is 5.97 Å². The number of aromatic nitrogens is 1. The van der Waals surface area contributed by atoms with E-state index in [0.717, 1.165) is 10.9 Å². The average molecular weight is 190 g/mol. The number of carbonyl (C=O) groups excluding carboxylic acids is 1. The first-order valence-electron chi connectivity index (χ1n) is 4.17. The van der Waals surface area contributed by atoms with Gasteiger partial charge in [-0.25, -0.2) is 4.79 Å². The molecule has 0 unspecified atom stereocenters. The summed E-state index contributed by atoms with van der Waals surface area (Å²) < 4.78 is 6.07. The van der Waals surface area contributed by atoms with Gasteiger partial charge in [0, 0.05) is 11.6 Å². The van der Waals surface area contributed by atoms with E-state index >= 15 is 0 Å². The lowest BCUT2D eigenvalue weighted by Crippen LogP contribution is -2.06. The molecule has 1 aromatic heterocycles. The first-order chi connectivity index (χ1) is 6.74. The van der Waals surface area contributed by atoms with E-state index < -0.39 is 0 Å². The van der Waals surface area contributed by atoms with Crippen LogP contribution in [0.2, 0.25) is 0 Å². The third-order valence-corrected chi connectivity index (χ3v) is 2.15. The molecule has 0 saturated heterocycles. The van der Waals surface area contributed by atoms with Crippen molar-refractivity contribution in [1.29, 1.82) is 0 Å². The van der Waals surface area contributed by atoms with Crippen LogP contribution in [0, 0.1) is 0 Å². The van der Waals surface area contributed by atoms with Crippen molar-refractivity contribution in [3.8, 4) is 0 Å². The largest absolute Gasteiger partial charge is 0.465 e. The van der Waals surface area contributed by atoms with E-state index in [4.69, 9.17) is 5.84 Å². The maximum atomic E-state index is 11.3. The molecule has 1 heterocycles. The predicted octanol–water partition coefficient (Wildman–Crippen LogP) is 1.14. The number of hydrogen-bond donors (Lipinski definition) is 1. The molecule has 0 fully saturated rings. The standard InChI is InChI=1S/C10H10N2O2/c1-14-10(13)8-6-12(11)9-5-3-2-4-7(8)9/h2-6H,11H2,1H3. The number of methoxy groups -OCH3 is 1. The molecule has 0 saturated carbocycles. The second kappa shape index (κ2) is 3.06. The fourth-order valence-corrected chi connectivity index (χ4v) is 1.48. The summed E-state index contributed by atoms with van der Waals surface area (Å²) >= 11 is 0. The smallest absolute Gasteiger partial charge is 0.340 e. The van der Waals surface area contributed by atoms with Crippen LogP contribution in [0.4, 0.5) is 0 Å². The highest BCUT2D eigenvalue weighted by Gasteiger charge is 2.13. The Kier molecular flexibility index (Phi) is 1.89. The summed E-state index contributed by atoms with van der Waals surface area (Å²) in [5, 5.41) is 0.807. The summed E-state index contributed by atoms with van der Waals surface area (Å²) in [5.74, 6) is 5.31. The van der Waals surface area contributed by atoms with Crippen molar-refractivity contribution >= 4 is 16.9 Å². The third kappa shape index (κ3) is 1.12. The summed E-state index contributed by atoms with van der Waals surface area (Å²) in [4.78, 5) is 11.3. The molecule has 0 radical (unpaired) electrons. The van der Waals surface area contributed by atoms with Gasteiger partial charge in [-0.05, 0) is 6.07 Å². The predicted molar refractivity (Wildman–Crippen MR) is 53.4 cm³/mol. The number of fused-ring (bicyclic) bond motifs is 1. The molecule has 0 bridgehead atoms. The second-order valence-electron chi connectivity index (χ2n) is 2.96. The van der Waals surface area contributed by atoms with Gasteiger partial charge in [0.1, 0.15) is 0 Å². The number of nitrogens with zero attached hydrogens (tertiary/aromatic N) is 1. The Bertz CT molecular complexity index is 488. The summed E-state index contributed by atoms with van der Waals surface area (Å²) in [7, 11) is 1.35. The Balaban J connectivity index is 2.72. The highest BCUT2D eigenvalue weighted by molar-refractivity contribution is 6.04. The summed E-state index contributed by atoms with van der Waals surface area (Å²) in [6.45, 7) is 0. The molecule has 4 heteroatoms. The monoisotopic (exact) mass is 190 g/mol. The minimum absolute atomic E-state index is 0.370. The number of rotatable bonds is 1. The fourth-order valence-electron chi connectivity index (χ4n) is 1.48. The number of nitrogen functional groups attached to an aromatic ring is 1. The Labute approximate surface area is 80.8 Å². The molecule has 4 nitrogen and oxygen atoms in total. The maximum Gasteiger partial charge on any atom is 0.340 e. The summed E-state index contributed by atoms with van der Waals surface area (Å²) in [6, 6.07) is 7.41. The van der Waals surface area contributed by atoms with Crippen LogP contribution in [0.5, 0.6) is 0 Å². The van der Waals surface area contributed by atoms with Crippen LogP contribution in [0.15, 0.2) is 30.5 Å². The number of hydrogen-bond acceptors (Lipinski definition) is 3. The van der Waals surface area contributed by atoms with Crippen LogP contribution in [-0.2, 0) is 4.74 Å². The quantitative estimate of drug-likeness (QED) is 0.542. The zero-order chi connectivity index (χ0) is 10.1. The van der Waals surface area contributed by atoms with Crippen molar-refractivity contribution in [1.82, 2.24) is 4.68 Å². The fraction of sp³-hybridized carbons (Fsp3) is 0.100. The van der Waals surface area contributed by atoms with E-state index in [1.807, 2.05) is 24.3 Å². The van der Waals surface area contributed by atoms with Crippen LogP contribution in [0.25, 0.3) is 10.9 Å². The van der Waals surface area contributed by atoms with Gasteiger partial charge in [0.2, 0.25) is 0 Å². The number of esters is 1. The van der Waals surface area contributed by atoms with Crippen LogP contribution < -0.4 is 5.84 Å². The number of benzene rings is 1. The van der Waals surface area contributed by atoms with Crippen LogP contribution in [-0.4, -0.2) is 17.8 Å². The molecule has 0 aliphatic heterocycles. The number of ether oxygens (including phenoxy) is 1. The highest BCUT2D eigenvalue weighted by Crippen LogP contribution is 2.19. The minimum Gasteiger partial charge on any atom is -0.465 e. The summed E-state index contributed by atoms with van der Waals surface area (Å²) in [5.41, 5.74) is 1.30. The molecule has 1 aromatic carbocycles. The van der Waals surface area contributed by atoms with E-state index in [2.05, 4.69) is 4.74 Å². The van der Waals surface area contributed by atoms with Gasteiger partial charge in [0.05, 0.1) is 18.2 Å². The highest BCUT2D eigenvalue weighted by atomic mass is 16.5. The molecule has 0 aliphatic carbocycles. The topological polar surface area (TPSA) is 57.2 Å². The molecule has 0 atom stereocenters. The molecular formula is C10H10N2O2. The lowest BCUT2D eigenvalue weighted by molar-refractivity contribution is 0.0603. The molecule has 0 amide bonds. The molecule has 0 spiro atoms. The van der Waals surface area contributed by atoms with Crippen LogP contribution in [0.1, 0.15) is 10.4 Å². The normalized spacial score (nSPS) is 10.4. The van der Waals surface area contributed by atoms with Crippen LogP contribution in [0.3, 0.4) is 0 Å². The van der Waals surface area contributed by atoms with Gasteiger partial charge in [-0.15, -0.1) is 0 Å². The Morgan fingerprint density at radius 2 is 2.14 bits per heavy atom. The molecule has 72 valence electrons. The van der Waals surface area contributed by atoms with Crippen molar-refractivity contribution in [2.45, 2.75) is 0 Å². The number of para-hydroxylation sites is 1. The van der Waals surface area contributed by atoms with E-state index in [0.29, 0.717) is 5.56 Å². The molecule has 2 aromatic rings. The maximum absolute atomic E-state index is 11.3. The van der Waals surface area contributed by atoms with Crippen molar-refractivity contribution in [2.75, 3.05) is 13.0 Å². The Hall–Kier alpha value is -1.97. The van der Waals surface area contributed by atoms with E-state index in [1.165, 1.54) is 11.8 Å². The van der Waals surface area contributed by atoms with Crippen molar-refractivity contribution in [3.05, 3.63) is 36.0 Å². The molecule has 2 rings (SSSR count). The Morgan fingerprint density at radius 1 is 1.43 bits per heavy atom. The van der Waals surface area contributed by atoms with Crippen molar-refractivity contribution in [2.24, 2.45) is 0 Å². The zero-order valence-corrected chi connectivity index (χ0v) is 7.73. The molecular weight excluding hydrogens is 180 g/mol. The lowest BCUT2D eigenvalue weighted by Gasteiger charge is -1.95.